The number of amides is 4. The average molecular weight is 569 g/mol. The molecule has 0 aromatic heterocycles. The molecule has 0 saturated heterocycles. The molecule has 0 fully saturated rings. The Morgan fingerprint density at radius 1 is 1.00 bits per heavy atom. The zero-order valence-corrected chi connectivity index (χ0v) is 25.0. The number of hydrogen-bond donors (Lipinski definition) is 3. The molecular formula is C31H44N4O6. The quantitative estimate of drug-likeness (QED) is 0.278. The number of rotatable bonds is 14. The largest absolute Gasteiger partial charge is 0.497 e. The fourth-order valence-electron chi connectivity index (χ4n) is 4.32. The summed E-state index contributed by atoms with van der Waals surface area (Å²) in [7, 11) is 1.56. The van der Waals surface area contributed by atoms with E-state index >= 15 is 0 Å². The van der Waals surface area contributed by atoms with Crippen LogP contribution in [0.15, 0.2) is 48.5 Å². The van der Waals surface area contributed by atoms with Crippen LogP contribution in [0.25, 0.3) is 0 Å². The van der Waals surface area contributed by atoms with Gasteiger partial charge in [-0.2, -0.15) is 0 Å². The number of benzene rings is 2. The van der Waals surface area contributed by atoms with E-state index in [1.165, 1.54) is 4.90 Å². The molecule has 0 heterocycles. The number of alkyl carbamates (subject to hydrolysis) is 1. The van der Waals surface area contributed by atoms with Gasteiger partial charge in [-0.15, -0.1) is 0 Å². The van der Waals surface area contributed by atoms with Crippen molar-refractivity contribution >= 4 is 29.5 Å². The van der Waals surface area contributed by atoms with E-state index in [0.29, 0.717) is 23.4 Å². The Morgan fingerprint density at radius 3 is 2.22 bits per heavy atom. The predicted molar refractivity (Wildman–Crippen MR) is 158 cm³/mol. The van der Waals surface area contributed by atoms with Gasteiger partial charge >= 0.3 is 6.09 Å². The fraction of sp³-hybridized carbons (Fsp3) is 0.484. The molecular weight excluding hydrogens is 524 g/mol. The first-order chi connectivity index (χ1) is 19.4. The number of nitrogens with two attached hydrogens (primary N) is 1. The minimum absolute atomic E-state index is 0.0434. The van der Waals surface area contributed by atoms with Crippen molar-refractivity contribution in [2.24, 2.45) is 5.73 Å². The number of hydrogen-bond acceptors (Lipinski definition) is 6. The lowest BCUT2D eigenvalue weighted by Gasteiger charge is -2.35. The zero-order valence-electron chi connectivity index (χ0n) is 25.0. The lowest BCUT2D eigenvalue weighted by molar-refractivity contribution is -0.141. The minimum atomic E-state index is -1.14. The van der Waals surface area contributed by atoms with Gasteiger partial charge in [-0.1, -0.05) is 44.0 Å². The molecule has 2 unspecified atom stereocenters. The van der Waals surface area contributed by atoms with Crippen molar-refractivity contribution in [3.63, 3.8) is 0 Å². The summed E-state index contributed by atoms with van der Waals surface area (Å²) in [6.07, 6.45) is 1.38. The number of carbonyl (C=O) groups is 4. The van der Waals surface area contributed by atoms with Crippen molar-refractivity contribution < 1.29 is 28.7 Å². The summed E-state index contributed by atoms with van der Waals surface area (Å²) in [5.74, 6) is -0.897. The number of ether oxygens (including phenoxy) is 2. The van der Waals surface area contributed by atoms with Gasteiger partial charge in [0.05, 0.1) is 7.11 Å². The van der Waals surface area contributed by atoms with Gasteiger partial charge in [-0.05, 0) is 75.9 Å². The van der Waals surface area contributed by atoms with E-state index in [9.17, 15) is 19.2 Å². The molecule has 0 bridgehead atoms. The Labute approximate surface area is 242 Å². The molecule has 2 atom stereocenters. The van der Waals surface area contributed by atoms with Gasteiger partial charge < -0.3 is 30.7 Å². The summed E-state index contributed by atoms with van der Waals surface area (Å²) < 4.78 is 10.6. The Bertz CT molecular complexity index is 1180. The molecule has 2 aromatic carbocycles. The minimum Gasteiger partial charge on any atom is -0.497 e. The molecule has 2 aromatic rings. The molecule has 10 nitrogen and oxygen atoms in total. The van der Waals surface area contributed by atoms with Crippen LogP contribution in [-0.4, -0.2) is 54.0 Å². The van der Waals surface area contributed by atoms with E-state index in [-0.39, 0.29) is 19.4 Å². The van der Waals surface area contributed by atoms with E-state index in [2.05, 4.69) is 10.6 Å². The number of nitrogens with one attached hydrogen (secondary N) is 2. The van der Waals surface area contributed by atoms with Gasteiger partial charge in [0.1, 0.15) is 23.4 Å². The Balaban J connectivity index is 2.54. The van der Waals surface area contributed by atoms with Crippen LogP contribution in [0.2, 0.25) is 0 Å². The molecule has 0 aliphatic rings. The highest BCUT2D eigenvalue weighted by atomic mass is 16.6. The van der Waals surface area contributed by atoms with Gasteiger partial charge in [-0.25, -0.2) is 4.79 Å². The second-order valence-corrected chi connectivity index (χ2v) is 10.9. The smallest absolute Gasteiger partial charge is 0.408 e. The van der Waals surface area contributed by atoms with Crippen molar-refractivity contribution in [2.45, 2.75) is 84.4 Å². The fourth-order valence-corrected chi connectivity index (χ4v) is 4.32. The van der Waals surface area contributed by atoms with E-state index in [0.717, 1.165) is 18.4 Å². The number of carbonyl (C=O) groups excluding carboxylic acids is 4. The molecule has 2 rings (SSSR count). The molecule has 41 heavy (non-hydrogen) atoms. The maximum absolute atomic E-state index is 14.2. The van der Waals surface area contributed by atoms with Gasteiger partial charge in [0.25, 0.3) is 5.91 Å². The van der Waals surface area contributed by atoms with Crippen LogP contribution >= 0.6 is 0 Å². The third kappa shape index (κ3) is 10.8. The topological polar surface area (TPSA) is 140 Å². The number of methoxy groups -OCH3 is 1. The Morgan fingerprint density at radius 2 is 1.66 bits per heavy atom. The molecule has 10 heteroatoms. The van der Waals surface area contributed by atoms with E-state index < -0.39 is 41.5 Å². The lowest BCUT2D eigenvalue weighted by atomic mass is 9.97. The summed E-state index contributed by atoms with van der Waals surface area (Å²) in [5.41, 5.74) is 6.60. The van der Waals surface area contributed by atoms with Crippen molar-refractivity contribution in [3.05, 3.63) is 59.7 Å². The molecule has 0 aliphatic heterocycles. The highest BCUT2D eigenvalue weighted by molar-refractivity contribution is 5.99. The van der Waals surface area contributed by atoms with Crippen LogP contribution in [0.3, 0.4) is 0 Å². The summed E-state index contributed by atoms with van der Waals surface area (Å²) in [4.78, 5) is 54.1. The third-order valence-corrected chi connectivity index (χ3v) is 6.35. The Hall–Kier alpha value is -4.08. The maximum Gasteiger partial charge on any atom is 0.408 e. The standard InChI is InChI=1S/C31H44N4O6/c1-7-8-11-20-35(29(38)25(18-19-26(32)36)34-30(39)41-31(3,4)5)27(24-13-10-9-12-21(24)2)28(37)33-22-14-16-23(40-6)17-15-22/h9-10,12-17,25,27H,7-8,11,18-20H2,1-6H3,(H2,32,36)(H,33,37)(H,34,39). The molecule has 4 amide bonds. The summed E-state index contributed by atoms with van der Waals surface area (Å²) in [5, 5.41) is 5.55. The lowest BCUT2D eigenvalue weighted by Crippen LogP contribution is -2.53. The average Bonchev–Trinajstić information content (AvgIpc) is 2.90. The van der Waals surface area contributed by atoms with Crippen LogP contribution < -0.4 is 21.1 Å². The van der Waals surface area contributed by atoms with Crippen molar-refractivity contribution in [3.8, 4) is 5.75 Å². The van der Waals surface area contributed by atoms with E-state index in [1.807, 2.05) is 38.1 Å². The van der Waals surface area contributed by atoms with Crippen molar-refractivity contribution in [2.75, 3.05) is 19.0 Å². The van der Waals surface area contributed by atoms with E-state index in [4.69, 9.17) is 15.2 Å². The number of anilines is 1. The number of aryl methyl sites for hydroxylation is 1. The van der Waals surface area contributed by atoms with Crippen LogP contribution in [0.4, 0.5) is 10.5 Å². The van der Waals surface area contributed by atoms with Gasteiger partial charge in [0.15, 0.2) is 0 Å². The monoisotopic (exact) mass is 568 g/mol. The van der Waals surface area contributed by atoms with Crippen LogP contribution in [-0.2, 0) is 19.1 Å². The first-order valence-corrected chi connectivity index (χ1v) is 13.9. The molecule has 0 radical (unpaired) electrons. The highest BCUT2D eigenvalue weighted by Gasteiger charge is 2.36. The highest BCUT2D eigenvalue weighted by Crippen LogP contribution is 2.28. The number of primary amides is 1. The van der Waals surface area contributed by atoms with Gasteiger partial charge in [0, 0.05) is 18.7 Å². The molecule has 4 N–H and O–H groups in total. The third-order valence-electron chi connectivity index (χ3n) is 6.35. The van der Waals surface area contributed by atoms with Crippen molar-refractivity contribution in [1.82, 2.24) is 10.2 Å². The molecule has 224 valence electrons. The number of unbranched alkanes of at least 4 members (excludes halogenated alkanes) is 2. The normalized spacial score (nSPS) is 12.5. The molecule has 0 saturated carbocycles. The first kappa shape index (κ1) is 33.1. The number of nitrogens with zero attached hydrogens (tertiary/aromatic N) is 1. The second kappa shape index (κ2) is 15.6. The second-order valence-electron chi connectivity index (χ2n) is 10.9. The Kier molecular flexibility index (Phi) is 12.6. The molecule has 0 aliphatic carbocycles. The van der Waals surface area contributed by atoms with Gasteiger partial charge in [-0.3, -0.25) is 14.4 Å². The van der Waals surface area contributed by atoms with Crippen LogP contribution in [0.5, 0.6) is 5.75 Å². The predicted octanol–water partition coefficient (Wildman–Crippen LogP) is 4.86. The van der Waals surface area contributed by atoms with E-state index in [1.54, 1.807) is 52.1 Å². The zero-order chi connectivity index (χ0) is 30.6. The summed E-state index contributed by atoms with van der Waals surface area (Å²) in [6, 6.07) is 12.1. The first-order valence-electron chi connectivity index (χ1n) is 13.9. The summed E-state index contributed by atoms with van der Waals surface area (Å²) in [6.45, 7) is 9.30. The van der Waals surface area contributed by atoms with Crippen LogP contribution in [0, 0.1) is 6.92 Å². The molecule has 0 spiro atoms. The SMILES string of the molecule is CCCCCN(C(=O)C(CCC(N)=O)NC(=O)OC(C)(C)C)C(C(=O)Nc1ccc(OC)cc1)c1ccccc1C. The van der Waals surface area contributed by atoms with Crippen molar-refractivity contribution in [1.29, 1.82) is 0 Å². The summed E-state index contributed by atoms with van der Waals surface area (Å²) >= 11 is 0. The maximum atomic E-state index is 14.2. The van der Waals surface area contributed by atoms with Crippen LogP contribution in [0.1, 0.15) is 77.0 Å². The van der Waals surface area contributed by atoms with Gasteiger partial charge in [0.2, 0.25) is 11.8 Å².